The Hall–Kier alpha value is -3.46. The minimum absolute atomic E-state index is 0.0107. The molecule has 0 fully saturated rings. The summed E-state index contributed by atoms with van der Waals surface area (Å²) >= 11 is 1.41. The summed E-state index contributed by atoms with van der Waals surface area (Å²) < 4.78 is 0. The van der Waals surface area contributed by atoms with Gasteiger partial charge in [-0.2, -0.15) is 5.10 Å². The highest BCUT2D eigenvalue weighted by molar-refractivity contribution is 7.14. The Morgan fingerprint density at radius 2 is 1.96 bits per heavy atom. The molecule has 9 heteroatoms. The molecule has 26 heavy (non-hydrogen) atoms. The van der Waals surface area contributed by atoms with Gasteiger partial charge < -0.3 is 11.2 Å². The molecule has 2 aromatic heterocycles. The van der Waals surface area contributed by atoms with Gasteiger partial charge in [-0.15, -0.1) is 10.2 Å². The van der Waals surface area contributed by atoms with Crippen molar-refractivity contribution in [1.29, 1.82) is 0 Å². The van der Waals surface area contributed by atoms with Crippen molar-refractivity contribution in [1.82, 2.24) is 20.5 Å². The molecule has 0 saturated carbocycles. The number of hydrogen-bond donors (Lipinski definition) is 2. The van der Waals surface area contributed by atoms with Crippen molar-refractivity contribution in [3.63, 3.8) is 0 Å². The molecular formula is C17H15N7OS. The van der Waals surface area contributed by atoms with Crippen molar-refractivity contribution in [3.8, 4) is 10.6 Å². The predicted octanol–water partition coefficient (Wildman–Crippen LogP) is 1.93. The van der Waals surface area contributed by atoms with E-state index in [0.717, 1.165) is 10.6 Å². The Morgan fingerprint density at radius 3 is 2.69 bits per heavy atom. The first kappa shape index (κ1) is 17.4. The van der Waals surface area contributed by atoms with E-state index in [1.165, 1.54) is 17.6 Å². The van der Waals surface area contributed by atoms with Crippen molar-refractivity contribution in [2.45, 2.75) is 6.54 Å². The van der Waals surface area contributed by atoms with Gasteiger partial charge in [-0.3, -0.25) is 4.79 Å². The van der Waals surface area contributed by atoms with Crippen LogP contribution in [0, 0.1) is 0 Å². The number of benzene rings is 1. The maximum Gasteiger partial charge on any atom is 0.273 e. The highest BCUT2D eigenvalue weighted by atomic mass is 32.1. The molecule has 0 unspecified atom stereocenters. The van der Waals surface area contributed by atoms with Crippen LogP contribution >= 0.6 is 11.3 Å². The molecule has 0 bridgehead atoms. The van der Waals surface area contributed by atoms with Crippen LogP contribution in [0.4, 0.5) is 5.82 Å². The fraction of sp³-hybridized carbons (Fsp3) is 0.0588. The second-order valence-electron chi connectivity index (χ2n) is 5.01. The minimum atomic E-state index is -0.455. The first-order valence-corrected chi connectivity index (χ1v) is 8.47. The smallest absolute Gasteiger partial charge is 0.273 e. The lowest BCUT2D eigenvalue weighted by Gasteiger charge is -2.01. The molecular weight excluding hydrogens is 350 g/mol. The number of hydrogen-bond acceptors (Lipinski definition) is 8. The highest BCUT2D eigenvalue weighted by Crippen LogP contribution is 2.22. The maximum atomic E-state index is 12.2. The lowest BCUT2D eigenvalue weighted by molar-refractivity contribution is -0.114. The van der Waals surface area contributed by atoms with E-state index >= 15 is 0 Å². The Bertz CT molecular complexity index is 923. The quantitative estimate of drug-likeness (QED) is 0.393. The molecule has 0 aliphatic carbocycles. The molecule has 0 aliphatic heterocycles. The lowest BCUT2D eigenvalue weighted by atomic mass is 10.2. The van der Waals surface area contributed by atoms with Crippen LogP contribution in [-0.4, -0.2) is 33.0 Å². The average Bonchev–Trinajstić information content (AvgIpc) is 3.17. The van der Waals surface area contributed by atoms with Gasteiger partial charge in [0.05, 0.1) is 12.8 Å². The van der Waals surface area contributed by atoms with E-state index in [0.29, 0.717) is 10.8 Å². The third-order valence-corrected chi connectivity index (χ3v) is 4.20. The van der Waals surface area contributed by atoms with Gasteiger partial charge in [-0.25, -0.2) is 9.98 Å². The van der Waals surface area contributed by atoms with Crippen LogP contribution in [0.2, 0.25) is 0 Å². The maximum absolute atomic E-state index is 12.2. The molecule has 3 rings (SSSR count). The number of amides is 1. The normalized spacial score (nSPS) is 11.6. The number of aromatic nitrogens is 3. The third kappa shape index (κ3) is 4.54. The molecule has 1 aromatic carbocycles. The van der Waals surface area contributed by atoms with Gasteiger partial charge in [-0.05, 0) is 12.1 Å². The number of aliphatic imine (C=N–C) groups is 1. The van der Waals surface area contributed by atoms with E-state index in [1.54, 1.807) is 24.4 Å². The second-order valence-corrected chi connectivity index (χ2v) is 6.07. The molecule has 130 valence electrons. The molecule has 8 nitrogen and oxygen atoms in total. The van der Waals surface area contributed by atoms with Crippen LogP contribution < -0.4 is 11.2 Å². The fourth-order valence-electron chi connectivity index (χ4n) is 1.98. The van der Waals surface area contributed by atoms with Crippen LogP contribution in [-0.2, 0) is 11.3 Å². The van der Waals surface area contributed by atoms with Crippen LogP contribution in [0.15, 0.2) is 64.8 Å². The molecule has 0 radical (unpaired) electrons. The summed E-state index contributed by atoms with van der Waals surface area (Å²) in [6, 6.07) is 15.0. The number of hydrazone groups is 1. The van der Waals surface area contributed by atoms with Crippen molar-refractivity contribution in [2.75, 3.05) is 0 Å². The molecule has 0 atom stereocenters. The van der Waals surface area contributed by atoms with E-state index < -0.39 is 5.91 Å². The first-order valence-electron chi connectivity index (χ1n) is 7.65. The zero-order valence-electron chi connectivity index (χ0n) is 13.6. The summed E-state index contributed by atoms with van der Waals surface area (Å²) in [5, 5.41) is 15.8. The SMILES string of the molecule is N/N=C(\C=N\c1ccccn1)C(=O)NCc1nnc(-c2ccccc2)s1. The van der Waals surface area contributed by atoms with E-state index in [1.807, 2.05) is 30.3 Å². The Balaban J connectivity index is 1.59. The molecule has 1 amide bonds. The summed E-state index contributed by atoms with van der Waals surface area (Å²) in [5.74, 6) is 5.28. The third-order valence-electron chi connectivity index (χ3n) is 3.23. The van der Waals surface area contributed by atoms with Crippen LogP contribution in [0.3, 0.4) is 0 Å². The summed E-state index contributed by atoms with van der Waals surface area (Å²) in [6.07, 6.45) is 2.87. The summed E-state index contributed by atoms with van der Waals surface area (Å²) in [7, 11) is 0. The van der Waals surface area contributed by atoms with E-state index in [4.69, 9.17) is 5.84 Å². The molecule has 3 aromatic rings. The van der Waals surface area contributed by atoms with Gasteiger partial charge in [0.15, 0.2) is 11.5 Å². The Morgan fingerprint density at radius 1 is 1.15 bits per heavy atom. The molecule has 0 spiro atoms. The van der Waals surface area contributed by atoms with E-state index in [9.17, 15) is 4.79 Å². The molecule has 2 heterocycles. The van der Waals surface area contributed by atoms with Crippen LogP contribution in [0.1, 0.15) is 5.01 Å². The molecule has 0 aliphatic rings. The summed E-state index contributed by atoms with van der Waals surface area (Å²) in [4.78, 5) is 20.3. The van der Waals surface area contributed by atoms with E-state index in [-0.39, 0.29) is 12.3 Å². The number of rotatable bonds is 6. The number of nitrogens with one attached hydrogen (secondary N) is 1. The Labute approximate surface area is 153 Å². The largest absolute Gasteiger partial charge is 0.344 e. The van der Waals surface area contributed by atoms with Gasteiger partial charge >= 0.3 is 0 Å². The second kappa shape index (κ2) is 8.58. The van der Waals surface area contributed by atoms with Crippen molar-refractivity contribution in [2.24, 2.45) is 15.9 Å². The van der Waals surface area contributed by atoms with Gasteiger partial charge in [0, 0.05) is 11.8 Å². The molecule has 3 N–H and O–H groups in total. The summed E-state index contributed by atoms with van der Waals surface area (Å²) in [5.41, 5.74) is 0.970. The average molecular weight is 365 g/mol. The zero-order valence-corrected chi connectivity index (χ0v) is 14.4. The fourth-order valence-corrected chi connectivity index (χ4v) is 2.76. The highest BCUT2D eigenvalue weighted by Gasteiger charge is 2.11. The monoisotopic (exact) mass is 365 g/mol. The lowest BCUT2D eigenvalue weighted by Crippen LogP contribution is -2.32. The zero-order chi connectivity index (χ0) is 18.2. The number of pyridine rings is 1. The van der Waals surface area contributed by atoms with Gasteiger partial charge in [0.25, 0.3) is 5.91 Å². The summed E-state index contributed by atoms with van der Waals surface area (Å²) in [6.45, 7) is 0.222. The van der Waals surface area contributed by atoms with Crippen molar-refractivity contribution >= 4 is 35.0 Å². The number of nitrogens with zero attached hydrogens (tertiary/aromatic N) is 5. The Kier molecular flexibility index (Phi) is 5.73. The van der Waals surface area contributed by atoms with Crippen LogP contribution in [0.5, 0.6) is 0 Å². The van der Waals surface area contributed by atoms with Crippen molar-refractivity contribution in [3.05, 3.63) is 59.7 Å². The van der Waals surface area contributed by atoms with Crippen molar-refractivity contribution < 1.29 is 4.79 Å². The molecule has 0 saturated heterocycles. The first-order chi connectivity index (χ1) is 12.8. The minimum Gasteiger partial charge on any atom is -0.344 e. The number of carbonyl (C=O) groups excluding carboxylic acids is 1. The predicted molar refractivity (Wildman–Crippen MR) is 101 cm³/mol. The number of carbonyl (C=O) groups is 1. The van der Waals surface area contributed by atoms with Gasteiger partial charge in [0.2, 0.25) is 0 Å². The standard InChI is InChI=1S/C17H15N7OS/c18-22-13(10-20-14-8-4-5-9-19-14)16(25)21-11-15-23-24-17(26-15)12-6-2-1-3-7-12/h1-10H,11,18H2,(H,21,25)/b20-10+,22-13+. The van der Waals surface area contributed by atoms with E-state index in [2.05, 4.69) is 30.6 Å². The number of nitrogens with two attached hydrogens (primary N) is 1. The van der Waals surface area contributed by atoms with Gasteiger partial charge in [0.1, 0.15) is 10.0 Å². The van der Waals surface area contributed by atoms with Crippen LogP contribution in [0.25, 0.3) is 10.6 Å². The topological polar surface area (TPSA) is 119 Å². The van der Waals surface area contributed by atoms with Gasteiger partial charge in [-0.1, -0.05) is 47.7 Å².